The molecule has 0 aliphatic carbocycles. The van der Waals surface area contributed by atoms with Gasteiger partial charge in [-0.1, -0.05) is 22.4 Å². The minimum atomic E-state index is -4.48. The molecule has 2 aromatic carbocycles. The monoisotopic (exact) mass is 424 g/mol. The topological polar surface area (TPSA) is 83.2 Å². The first-order chi connectivity index (χ1) is 13.7. The number of benzene rings is 2. The summed E-state index contributed by atoms with van der Waals surface area (Å²) in [4.78, 5) is 12.7. The number of rotatable bonds is 3. The lowest BCUT2D eigenvalue weighted by Gasteiger charge is -2.29. The van der Waals surface area contributed by atoms with Gasteiger partial charge in [-0.15, -0.1) is 9.40 Å². The van der Waals surface area contributed by atoms with E-state index in [1.807, 2.05) is 0 Å². The molecule has 3 aromatic rings. The predicted octanol–water partition coefficient (Wildman–Crippen LogP) is 2.47. The van der Waals surface area contributed by atoms with Crippen LogP contribution in [0.15, 0.2) is 64.3 Å². The highest BCUT2D eigenvalue weighted by Gasteiger charge is 2.35. The lowest BCUT2D eigenvalue weighted by atomic mass is 10.2. The third kappa shape index (κ3) is 3.52. The second kappa shape index (κ2) is 6.94. The van der Waals surface area contributed by atoms with Crippen LogP contribution in [0.2, 0.25) is 0 Å². The molecule has 0 saturated heterocycles. The molecular weight excluding hydrogens is 409 g/mol. The molecule has 1 aliphatic rings. The van der Waals surface area contributed by atoms with Crippen LogP contribution < -0.4 is 5.69 Å². The zero-order valence-electron chi connectivity index (χ0n) is 14.9. The van der Waals surface area contributed by atoms with Gasteiger partial charge in [0, 0.05) is 6.54 Å². The van der Waals surface area contributed by atoms with Gasteiger partial charge in [0.05, 0.1) is 17.8 Å². The Hall–Kier alpha value is -2.76. The number of halogens is 3. The molecule has 1 aliphatic heterocycles. The van der Waals surface area contributed by atoms with E-state index in [-0.39, 0.29) is 36.0 Å². The second-order valence-corrected chi connectivity index (χ2v) is 8.40. The fraction of sp³-hybridized carbons (Fsp3) is 0.222. The third-order valence-electron chi connectivity index (χ3n) is 4.65. The van der Waals surface area contributed by atoms with E-state index in [0.717, 1.165) is 28.9 Å². The standard InChI is InChI=1S/C18H15F3N4O3S/c19-18(20,21)13-6-8-14(9-7-13)25-17(26)24-11-10-23(12-16(24)22-25)29(27,28)15-4-2-1-3-5-15/h1-9H,10-12H2. The van der Waals surface area contributed by atoms with Crippen LogP contribution in [-0.4, -0.2) is 29.8 Å². The molecule has 1 aromatic heterocycles. The van der Waals surface area contributed by atoms with Gasteiger partial charge in [0.1, 0.15) is 6.54 Å². The summed E-state index contributed by atoms with van der Waals surface area (Å²) in [5, 5.41) is 4.15. The highest BCUT2D eigenvalue weighted by atomic mass is 32.3. The van der Waals surface area contributed by atoms with Gasteiger partial charge in [-0.2, -0.15) is 17.9 Å². The van der Waals surface area contributed by atoms with Gasteiger partial charge in [-0.3, -0.25) is 4.57 Å². The van der Waals surface area contributed by atoms with Crippen molar-refractivity contribution in [1.82, 2.24) is 18.7 Å². The molecule has 0 radical (unpaired) electrons. The first-order valence-corrected chi connectivity index (χ1v) is 10.0. The Kier molecular flexibility index (Phi) is 4.68. The van der Waals surface area contributed by atoms with Crippen LogP contribution in [0.1, 0.15) is 11.4 Å². The predicted molar refractivity (Wildman–Crippen MR) is 96.8 cm³/mol. The van der Waals surface area contributed by atoms with Crippen LogP contribution in [-0.2, 0) is 33.9 Å². The molecule has 0 N–H and O–H groups in total. The molecule has 0 fully saturated rings. The van der Waals surface area contributed by atoms with Gasteiger partial charge < -0.3 is 4.55 Å². The normalized spacial score (nSPS) is 17.0. The largest absolute Gasteiger partial charge is 0.593 e. The molecule has 2 heterocycles. The average molecular weight is 424 g/mol. The maximum Gasteiger partial charge on any atom is 0.416 e. The summed E-state index contributed by atoms with van der Waals surface area (Å²) in [5.41, 5.74) is -1.20. The van der Waals surface area contributed by atoms with E-state index in [9.17, 15) is 26.7 Å². The highest BCUT2D eigenvalue weighted by Crippen LogP contribution is 2.29. The summed E-state index contributed by atoms with van der Waals surface area (Å²) >= 11 is 0. The number of sulfonamides is 1. The molecule has 0 amide bonds. The molecular formula is C18H15F3N4O3S. The van der Waals surface area contributed by atoms with Crippen molar-refractivity contribution in [2.45, 2.75) is 24.2 Å². The molecule has 7 nitrogen and oxygen atoms in total. The summed E-state index contributed by atoms with van der Waals surface area (Å²) < 4.78 is 67.3. The van der Waals surface area contributed by atoms with Crippen molar-refractivity contribution in [1.29, 1.82) is 0 Å². The van der Waals surface area contributed by atoms with Crippen molar-refractivity contribution in [3.05, 3.63) is 76.5 Å². The minimum absolute atomic E-state index is 0.0861. The lowest BCUT2D eigenvalue weighted by Crippen LogP contribution is -2.43. The molecule has 1 unspecified atom stereocenters. The van der Waals surface area contributed by atoms with E-state index in [1.54, 1.807) is 18.2 Å². The summed E-state index contributed by atoms with van der Waals surface area (Å²) in [6.07, 6.45) is -4.48. The number of hydrogen-bond donors (Lipinski definition) is 0. The fourth-order valence-electron chi connectivity index (χ4n) is 3.13. The van der Waals surface area contributed by atoms with Gasteiger partial charge in [-0.25, -0.2) is 4.79 Å². The minimum Gasteiger partial charge on any atom is -0.593 e. The Labute approximate surface area is 164 Å². The Morgan fingerprint density at radius 3 is 2.28 bits per heavy atom. The summed E-state index contributed by atoms with van der Waals surface area (Å²) in [5.74, 6) is 0.223. The van der Waals surface area contributed by atoms with Crippen LogP contribution in [0.4, 0.5) is 13.2 Å². The van der Waals surface area contributed by atoms with Crippen molar-refractivity contribution in [2.75, 3.05) is 6.54 Å². The highest BCUT2D eigenvalue weighted by molar-refractivity contribution is 7.95. The molecule has 29 heavy (non-hydrogen) atoms. The van der Waals surface area contributed by atoms with Crippen LogP contribution in [0.25, 0.3) is 5.69 Å². The Bertz CT molecular complexity index is 1140. The summed E-state index contributed by atoms with van der Waals surface area (Å²) in [6, 6.07) is 12.0. The van der Waals surface area contributed by atoms with Crippen LogP contribution >= 0.6 is 0 Å². The second-order valence-electron chi connectivity index (χ2n) is 6.46. The number of aromatic nitrogens is 3. The number of fused-ring (bicyclic) bond motifs is 1. The van der Waals surface area contributed by atoms with Gasteiger partial charge in [0.2, 0.25) is 0 Å². The zero-order chi connectivity index (χ0) is 20.8. The van der Waals surface area contributed by atoms with Gasteiger partial charge in [-0.05, 0) is 36.4 Å². The lowest BCUT2D eigenvalue weighted by molar-refractivity contribution is -0.137. The van der Waals surface area contributed by atoms with Gasteiger partial charge in [0.25, 0.3) is 0 Å². The third-order valence-corrected chi connectivity index (χ3v) is 6.51. The first-order valence-electron chi connectivity index (χ1n) is 8.59. The van der Waals surface area contributed by atoms with Crippen LogP contribution in [0, 0.1) is 0 Å². The number of hydrogen-bond acceptors (Lipinski definition) is 4. The summed E-state index contributed by atoms with van der Waals surface area (Å²) in [7, 11) is -3.75. The average Bonchev–Trinajstić information content (AvgIpc) is 3.04. The van der Waals surface area contributed by atoms with Crippen molar-refractivity contribution in [3.63, 3.8) is 0 Å². The zero-order valence-corrected chi connectivity index (χ0v) is 15.7. The smallest absolute Gasteiger partial charge is 0.416 e. The van der Waals surface area contributed by atoms with Crippen molar-refractivity contribution in [2.24, 2.45) is 0 Å². The van der Waals surface area contributed by atoms with E-state index in [4.69, 9.17) is 0 Å². The SMILES string of the molecule is O=c1n(-c2ccc(C(F)(F)F)cc2)nc2n1CCN([S+](=O)([O-])c1ccccc1)C2. The first kappa shape index (κ1) is 19.6. The maximum absolute atomic E-state index is 12.8. The Morgan fingerprint density at radius 1 is 1.00 bits per heavy atom. The van der Waals surface area contributed by atoms with Crippen molar-refractivity contribution in [3.8, 4) is 5.69 Å². The van der Waals surface area contributed by atoms with E-state index in [1.165, 1.54) is 21.0 Å². The number of nitrogens with zero attached hydrogens (tertiary/aromatic N) is 4. The Balaban J connectivity index is 1.64. The van der Waals surface area contributed by atoms with E-state index in [0.29, 0.717) is 0 Å². The van der Waals surface area contributed by atoms with Gasteiger partial charge >= 0.3 is 11.9 Å². The molecule has 1 atom stereocenters. The van der Waals surface area contributed by atoms with Gasteiger partial charge in [0.15, 0.2) is 21.1 Å². The molecule has 0 bridgehead atoms. The van der Waals surface area contributed by atoms with Crippen molar-refractivity contribution >= 4 is 10.4 Å². The molecule has 152 valence electrons. The molecule has 4 rings (SSSR count). The summed E-state index contributed by atoms with van der Waals surface area (Å²) in [6.45, 7) is 0.0732. The molecule has 11 heteroatoms. The van der Waals surface area contributed by atoms with E-state index < -0.39 is 27.8 Å². The van der Waals surface area contributed by atoms with Crippen LogP contribution in [0.5, 0.6) is 0 Å². The quantitative estimate of drug-likeness (QED) is 0.605. The number of alkyl halides is 3. The fourth-order valence-corrected chi connectivity index (χ4v) is 4.54. The Morgan fingerprint density at radius 2 is 1.66 bits per heavy atom. The van der Waals surface area contributed by atoms with Crippen LogP contribution in [0.3, 0.4) is 0 Å². The van der Waals surface area contributed by atoms with E-state index in [2.05, 4.69) is 5.10 Å². The maximum atomic E-state index is 12.8. The van der Waals surface area contributed by atoms with E-state index >= 15 is 0 Å². The van der Waals surface area contributed by atoms with Crippen molar-refractivity contribution < 1.29 is 21.9 Å². The molecule has 0 spiro atoms. The molecule has 0 saturated carbocycles.